The summed E-state index contributed by atoms with van der Waals surface area (Å²) in [6.45, 7) is 1.04. The third-order valence-electron chi connectivity index (χ3n) is 1.49. The molecule has 60 valence electrons. The van der Waals surface area contributed by atoms with Crippen LogP contribution < -0.4 is 11.1 Å². The Hall–Kier alpha value is -1.09. The van der Waals surface area contributed by atoms with Gasteiger partial charge in [-0.15, -0.1) is 0 Å². The predicted octanol–water partition coefficient (Wildman–Crippen LogP) is -0.0524. The first-order valence-corrected chi connectivity index (χ1v) is 3.68. The number of hydrogen-bond donors (Lipinski definition) is 2. The summed E-state index contributed by atoms with van der Waals surface area (Å²) in [7, 11) is 0. The maximum Gasteiger partial charge on any atom is 0.247 e. The number of hydrogen-bond acceptors (Lipinski definition) is 2. The highest BCUT2D eigenvalue weighted by Gasteiger charge is 2.07. The van der Waals surface area contributed by atoms with Gasteiger partial charge in [-0.3, -0.25) is 4.79 Å². The zero-order chi connectivity index (χ0) is 8.10. The van der Waals surface area contributed by atoms with E-state index in [1.807, 2.05) is 18.2 Å². The van der Waals surface area contributed by atoms with Crippen molar-refractivity contribution in [3.8, 4) is 0 Å². The summed E-state index contributed by atoms with van der Waals surface area (Å²) in [5.74, 6) is 0.000417. The number of rotatable bonds is 3. The highest BCUT2D eigenvalue weighted by Crippen LogP contribution is 2.09. The molecule has 11 heavy (non-hydrogen) atoms. The van der Waals surface area contributed by atoms with Gasteiger partial charge < -0.3 is 11.1 Å². The number of amides is 1. The second-order valence-corrected chi connectivity index (χ2v) is 2.37. The minimum atomic E-state index is 0.000417. The molecule has 0 bridgehead atoms. The molecule has 0 atom stereocenters. The fourth-order valence-corrected chi connectivity index (χ4v) is 0.915. The normalized spacial score (nSPS) is 14.8. The zero-order valence-corrected chi connectivity index (χ0v) is 6.34. The molecule has 0 saturated heterocycles. The number of nitrogens with two attached hydrogens (primary N) is 1. The van der Waals surface area contributed by atoms with Crippen molar-refractivity contribution in [1.82, 2.24) is 5.32 Å². The van der Waals surface area contributed by atoms with E-state index in [0.717, 1.165) is 12.0 Å². The Morgan fingerprint density at radius 2 is 2.55 bits per heavy atom. The van der Waals surface area contributed by atoms with Gasteiger partial charge in [0.05, 0.1) is 0 Å². The molecule has 1 aliphatic rings. The lowest BCUT2D eigenvalue weighted by Crippen LogP contribution is -2.29. The average Bonchev–Trinajstić information content (AvgIpc) is 2.52. The van der Waals surface area contributed by atoms with Gasteiger partial charge in [-0.05, 0) is 6.42 Å². The molecule has 0 fully saturated rings. The smallest absolute Gasteiger partial charge is 0.247 e. The van der Waals surface area contributed by atoms with Crippen molar-refractivity contribution < 1.29 is 4.79 Å². The lowest BCUT2D eigenvalue weighted by molar-refractivity contribution is -0.117. The van der Waals surface area contributed by atoms with E-state index in [0.29, 0.717) is 13.1 Å². The molecule has 0 aromatic rings. The standard InChI is InChI=1S/C8H12N2O/c9-5-6-10-8(11)7-3-1-2-4-7/h1-3H,4-6,9H2,(H,10,11). The third-order valence-corrected chi connectivity index (χ3v) is 1.49. The molecule has 0 aliphatic heterocycles. The summed E-state index contributed by atoms with van der Waals surface area (Å²) >= 11 is 0. The van der Waals surface area contributed by atoms with Crippen LogP contribution in [0.15, 0.2) is 23.8 Å². The van der Waals surface area contributed by atoms with Crippen molar-refractivity contribution in [2.24, 2.45) is 5.73 Å². The lowest BCUT2D eigenvalue weighted by Gasteiger charge is -2.02. The number of carbonyl (C=O) groups is 1. The topological polar surface area (TPSA) is 55.1 Å². The fourth-order valence-electron chi connectivity index (χ4n) is 0.915. The van der Waals surface area contributed by atoms with Gasteiger partial charge in [0.2, 0.25) is 5.91 Å². The Morgan fingerprint density at radius 3 is 3.09 bits per heavy atom. The molecular formula is C8H12N2O. The number of carbonyl (C=O) groups excluding carboxylic acids is 1. The Morgan fingerprint density at radius 1 is 1.73 bits per heavy atom. The van der Waals surface area contributed by atoms with E-state index in [2.05, 4.69) is 5.32 Å². The van der Waals surface area contributed by atoms with Crippen LogP contribution in [0.2, 0.25) is 0 Å². The van der Waals surface area contributed by atoms with Crippen LogP contribution in [0.5, 0.6) is 0 Å². The van der Waals surface area contributed by atoms with Crippen molar-refractivity contribution >= 4 is 5.91 Å². The van der Waals surface area contributed by atoms with Gasteiger partial charge in [-0.1, -0.05) is 18.2 Å². The van der Waals surface area contributed by atoms with Crippen LogP contribution >= 0.6 is 0 Å². The summed E-state index contributed by atoms with van der Waals surface area (Å²) in [6.07, 6.45) is 6.41. The van der Waals surface area contributed by atoms with Crippen molar-refractivity contribution in [2.45, 2.75) is 6.42 Å². The van der Waals surface area contributed by atoms with Crippen molar-refractivity contribution in [1.29, 1.82) is 0 Å². The summed E-state index contributed by atoms with van der Waals surface area (Å²) < 4.78 is 0. The monoisotopic (exact) mass is 152 g/mol. The van der Waals surface area contributed by atoms with Gasteiger partial charge in [0.1, 0.15) is 0 Å². The number of nitrogens with one attached hydrogen (secondary N) is 1. The summed E-state index contributed by atoms with van der Waals surface area (Å²) in [4.78, 5) is 11.1. The highest BCUT2D eigenvalue weighted by molar-refractivity contribution is 5.94. The average molecular weight is 152 g/mol. The van der Waals surface area contributed by atoms with Crippen LogP contribution in [-0.4, -0.2) is 19.0 Å². The summed E-state index contributed by atoms with van der Waals surface area (Å²) in [5, 5.41) is 2.70. The van der Waals surface area contributed by atoms with Crippen molar-refractivity contribution in [3.63, 3.8) is 0 Å². The van der Waals surface area contributed by atoms with E-state index >= 15 is 0 Å². The van der Waals surface area contributed by atoms with Crippen molar-refractivity contribution in [2.75, 3.05) is 13.1 Å². The first kappa shape index (κ1) is 8.01. The van der Waals surface area contributed by atoms with E-state index in [4.69, 9.17) is 5.73 Å². The van der Waals surface area contributed by atoms with Crippen LogP contribution in [0, 0.1) is 0 Å². The Labute approximate surface area is 66.0 Å². The van der Waals surface area contributed by atoms with Gasteiger partial charge in [-0.2, -0.15) is 0 Å². The Bertz CT molecular complexity index is 206. The largest absolute Gasteiger partial charge is 0.351 e. The van der Waals surface area contributed by atoms with E-state index in [9.17, 15) is 4.79 Å². The molecule has 0 spiro atoms. The highest BCUT2D eigenvalue weighted by atomic mass is 16.1. The maximum absolute atomic E-state index is 11.1. The van der Waals surface area contributed by atoms with E-state index < -0.39 is 0 Å². The molecule has 0 saturated carbocycles. The van der Waals surface area contributed by atoms with Gasteiger partial charge in [0.15, 0.2) is 0 Å². The van der Waals surface area contributed by atoms with E-state index in [1.165, 1.54) is 0 Å². The SMILES string of the molecule is NCCNC(=O)C1=CC=CC1. The number of allylic oxidation sites excluding steroid dienone is 3. The van der Waals surface area contributed by atoms with Gasteiger partial charge in [0.25, 0.3) is 0 Å². The molecule has 1 amide bonds. The molecule has 0 heterocycles. The van der Waals surface area contributed by atoms with Crippen LogP contribution in [0.4, 0.5) is 0 Å². The van der Waals surface area contributed by atoms with Crippen LogP contribution in [0.25, 0.3) is 0 Å². The molecule has 1 aliphatic carbocycles. The quantitative estimate of drug-likeness (QED) is 0.595. The molecule has 3 N–H and O–H groups in total. The van der Waals surface area contributed by atoms with Crippen LogP contribution in [0.3, 0.4) is 0 Å². The third kappa shape index (κ3) is 2.20. The first-order valence-electron chi connectivity index (χ1n) is 3.68. The summed E-state index contributed by atoms with van der Waals surface area (Å²) in [6, 6.07) is 0. The molecule has 0 unspecified atom stereocenters. The molecule has 0 radical (unpaired) electrons. The summed E-state index contributed by atoms with van der Waals surface area (Å²) in [5.41, 5.74) is 6.04. The van der Waals surface area contributed by atoms with Gasteiger partial charge >= 0.3 is 0 Å². The maximum atomic E-state index is 11.1. The second-order valence-electron chi connectivity index (χ2n) is 2.37. The minimum Gasteiger partial charge on any atom is -0.351 e. The molecule has 3 heteroatoms. The van der Waals surface area contributed by atoms with Gasteiger partial charge in [0, 0.05) is 18.7 Å². The molecule has 3 nitrogen and oxygen atoms in total. The molecule has 0 aromatic heterocycles. The minimum absolute atomic E-state index is 0.000417. The first-order chi connectivity index (χ1) is 5.34. The van der Waals surface area contributed by atoms with Crippen LogP contribution in [-0.2, 0) is 4.79 Å². The Balaban J connectivity index is 2.31. The lowest BCUT2D eigenvalue weighted by atomic mass is 10.2. The fraction of sp³-hybridized carbons (Fsp3) is 0.375. The van der Waals surface area contributed by atoms with E-state index in [-0.39, 0.29) is 5.91 Å². The zero-order valence-electron chi connectivity index (χ0n) is 6.34. The predicted molar refractivity (Wildman–Crippen MR) is 43.9 cm³/mol. The molecule has 1 rings (SSSR count). The second kappa shape index (κ2) is 3.93. The van der Waals surface area contributed by atoms with Crippen molar-refractivity contribution in [3.05, 3.63) is 23.8 Å². The van der Waals surface area contributed by atoms with E-state index in [1.54, 1.807) is 0 Å². The van der Waals surface area contributed by atoms with Gasteiger partial charge in [-0.25, -0.2) is 0 Å². The molecular weight excluding hydrogens is 140 g/mol. The Kier molecular flexibility index (Phi) is 2.86. The molecule has 0 aromatic carbocycles. The van der Waals surface area contributed by atoms with Crippen LogP contribution in [0.1, 0.15) is 6.42 Å².